The van der Waals surface area contributed by atoms with Gasteiger partial charge in [0.15, 0.2) is 0 Å². The highest BCUT2D eigenvalue weighted by Gasteiger charge is 2.30. The second-order valence-corrected chi connectivity index (χ2v) is 9.22. The topological polar surface area (TPSA) is 59.1 Å². The maximum atomic E-state index is 12.9. The molecule has 0 bridgehead atoms. The Morgan fingerprint density at radius 1 is 1.20 bits per heavy atom. The van der Waals surface area contributed by atoms with E-state index in [1.807, 2.05) is 30.0 Å². The van der Waals surface area contributed by atoms with E-state index in [9.17, 15) is 9.59 Å². The lowest BCUT2D eigenvalue weighted by Gasteiger charge is -2.33. The number of rotatable bonds is 4. The van der Waals surface area contributed by atoms with Gasteiger partial charge in [0, 0.05) is 23.5 Å². The highest BCUT2D eigenvalue weighted by Crippen LogP contribution is 2.28. The standard InChI is InChI=1S/C23H28N2O4S/c1-16-6-9-21(30-16)22(26)25-11-12-29-20-8-7-17(13-18(20)15-25)14-24-10-4-3-5-19(24)23(27)28-2/h6-9,13,19H,3-5,10-12,14-15H2,1-2H3. The zero-order valence-electron chi connectivity index (χ0n) is 17.6. The molecule has 1 saturated heterocycles. The molecule has 1 fully saturated rings. The molecule has 0 spiro atoms. The normalized spacial score (nSPS) is 19.5. The van der Waals surface area contributed by atoms with Crippen LogP contribution in [0, 0.1) is 6.92 Å². The van der Waals surface area contributed by atoms with Crippen LogP contribution in [0.2, 0.25) is 0 Å². The van der Waals surface area contributed by atoms with E-state index in [2.05, 4.69) is 17.0 Å². The number of piperidine rings is 1. The number of nitrogens with zero attached hydrogens (tertiary/aromatic N) is 2. The number of methoxy groups -OCH3 is 1. The Morgan fingerprint density at radius 2 is 2.07 bits per heavy atom. The molecule has 0 aliphatic carbocycles. The summed E-state index contributed by atoms with van der Waals surface area (Å²) in [5, 5.41) is 0. The summed E-state index contributed by atoms with van der Waals surface area (Å²) < 4.78 is 10.9. The predicted octanol–water partition coefficient (Wildman–Crippen LogP) is 3.62. The van der Waals surface area contributed by atoms with Gasteiger partial charge in [-0.25, -0.2) is 0 Å². The molecule has 7 heteroatoms. The van der Waals surface area contributed by atoms with Crippen molar-refractivity contribution in [1.29, 1.82) is 0 Å². The van der Waals surface area contributed by atoms with E-state index in [0.717, 1.165) is 52.4 Å². The van der Waals surface area contributed by atoms with Crippen LogP contribution >= 0.6 is 11.3 Å². The van der Waals surface area contributed by atoms with Crippen LogP contribution in [0.4, 0.5) is 0 Å². The van der Waals surface area contributed by atoms with E-state index < -0.39 is 0 Å². The number of fused-ring (bicyclic) bond motifs is 1. The maximum Gasteiger partial charge on any atom is 0.323 e. The summed E-state index contributed by atoms with van der Waals surface area (Å²) in [6, 6.07) is 9.86. The van der Waals surface area contributed by atoms with Crippen LogP contribution < -0.4 is 4.74 Å². The second kappa shape index (κ2) is 9.18. The molecular formula is C23H28N2O4S. The lowest BCUT2D eigenvalue weighted by molar-refractivity contribution is -0.148. The van der Waals surface area contributed by atoms with Crippen LogP contribution in [0.1, 0.15) is 44.9 Å². The molecule has 2 aliphatic rings. The van der Waals surface area contributed by atoms with E-state index >= 15 is 0 Å². The SMILES string of the molecule is COC(=O)C1CCCCN1Cc1ccc2c(c1)CN(C(=O)c1ccc(C)s1)CCO2. The molecule has 1 amide bonds. The molecular weight excluding hydrogens is 400 g/mol. The van der Waals surface area contributed by atoms with Crippen molar-refractivity contribution in [1.82, 2.24) is 9.80 Å². The fourth-order valence-corrected chi connectivity index (χ4v) is 5.08. The number of hydrogen-bond acceptors (Lipinski definition) is 6. The van der Waals surface area contributed by atoms with E-state index in [-0.39, 0.29) is 17.9 Å². The predicted molar refractivity (Wildman–Crippen MR) is 116 cm³/mol. The average Bonchev–Trinajstić information content (AvgIpc) is 3.08. The Bertz CT molecular complexity index is 926. The number of hydrogen-bond donors (Lipinski definition) is 0. The van der Waals surface area contributed by atoms with Crippen LogP contribution in [-0.4, -0.2) is 54.5 Å². The van der Waals surface area contributed by atoms with Gasteiger partial charge in [0.05, 0.1) is 18.5 Å². The minimum absolute atomic E-state index is 0.0525. The van der Waals surface area contributed by atoms with Gasteiger partial charge in [0.25, 0.3) is 5.91 Å². The highest BCUT2D eigenvalue weighted by molar-refractivity contribution is 7.13. The Labute approximate surface area is 181 Å². The van der Waals surface area contributed by atoms with Gasteiger partial charge >= 0.3 is 5.97 Å². The monoisotopic (exact) mass is 428 g/mol. The van der Waals surface area contributed by atoms with Gasteiger partial charge in [-0.2, -0.15) is 0 Å². The first-order valence-electron chi connectivity index (χ1n) is 10.5. The van der Waals surface area contributed by atoms with Crippen molar-refractivity contribution in [2.45, 2.75) is 45.3 Å². The molecule has 30 heavy (non-hydrogen) atoms. The van der Waals surface area contributed by atoms with Crippen LogP contribution in [0.5, 0.6) is 5.75 Å². The number of ether oxygens (including phenoxy) is 2. The van der Waals surface area contributed by atoms with E-state index in [1.165, 1.54) is 18.4 Å². The first-order chi connectivity index (χ1) is 14.5. The summed E-state index contributed by atoms with van der Waals surface area (Å²) in [4.78, 5) is 31.1. The molecule has 4 rings (SSSR count). The van der Waals surface area contributed by atoms with Crippen molar-refractivity contribution in [3.05, 3.63) is 51.2 Å². The van der Waals surface area contributed by atoms with Gasteiger partial charge in [-0.05, 0) is 56.1 Å². The molecule has 160 valence electrons. The van der Waals surface area contributed by atoms with Gasteiger partial charge < -0.3 is 14.4 Å². The van der Waals surface area contributed by atoms with Gasteiger partial charge in [-0.3, -0.25) is 14.5 Å². The third-order valence-electron chi connectivity index (χ3n) is 5.82. The van der Waals surface area contributed by atoms with Crippen LogP contribution in [0.25, 0.3) is 0 Å². The number of aryl methyl sites for hydroxylation is 1. The van der Waals surface area contributed by atoms with E-state index in [0.29, 0.717) is 26.2 Å². The molecule has 3 heterocycles. The Morgan fingerprint density at radius 3 is 2.83 bits per heavy atom. The van der Waals surface area contributed by atoms with Crippen molar-refractivity contribution >= 4 is 23.2 Å². The first kappa shape index (κ1) is 20.9. The molecule has 0 saturated carbocycles. The Hall–Kier alpha value is -2.38. The average molecular weight is 429 g/mol. The molecule has 1 unspecified atom stereocenters. The van der Waals surface area contributed by atoms with Crippen LogP contribution in [0.15, 0.2) is 30.3 Å². The first-order valence-corrected chi connectivity index (χ1v) is 11.3. The molecule has 2 aromatic rings. The molecule has 1 aromatic heterocycles. The largest absolute Gasteiger partial charge is 0.491 e. The maximum absolute atomic E-state index is 12.9. The molecule has 1 aromatic carbocycles. The lowest BCUT2D eigenvalue weighted by atomic mass is 10.0. The smallest absolute Gasteiger partial charge is 0.323 e. The summed E-state index contributed by atoms with van der Waals surface area (Å²) in [7, 11) is 1.45. The minimum atomic E-state index is -0.182. The fraction of sp³-hybridized carbons (Fsp3) is 0.478. The zero-order chi connectivity index (χ0) is 21.1. The second-order valence-electron chi connectivity index (χ2n) is 7.93. The summed E-state index contributed by atoms with van der Waals surface area (Å²) in [6.45, 7) is 5.16. The Kier molecular flexibility index (Phi) is 6.39. The molecule has 1 atom stereocenters. The number of amides is 1. The lowest BCUT2D eigenvalue weighted by Crippen LogP contribution is -2.44. The van der Waals surface area contributed by atoms with Crippen LogP contribution in [-0.2, 0) is 22.6 Å². The van der Waals surface area contributed by atoms with Crippen molar-refractivity contribution in [3.8, 4) is 5.75 Å². The molecule has 0 radical (unpaired) electrons. The van der Waals surface area contributed by atoms with Crippen LogP contribution in [0.3, 0.4) is 0 Å². The highest BCUT2D eigenvalue weighted by atomic mass is 32.1. The number of carbonyl (C=O) groups excluding carboxylic acids is 2. The third kappa shape index (κ3) is 4.52. The molecule has 0 N–H and O–H groups in total. The van der Waals surface area contributed by atoms with E-state index in [4.69, 9.17) is 9.47 Å². The summed E-state index contributed by atoms with van der Waals surface area (Å²) >= 11 is 1.53. The number of esters is 1. The molecule has 6 nitrogen and oxygen atoms in total. The van der Waals surface area contributed by atoms with E-state index in [1.54, 1.807) is 0 Å². The number of benzene rings is 1. The van der Waals surface area contributed by atoms with Crippen molar-refractivity contribution in [3.63, 3.8) is 0 Å². The fourth-order valence-electron chi connectivity index (χ4n) is 4.24. The molecule has 2 aliphatic heterocycles. The van der Waals surface area contributed by atoms with Gasteiger partial charge in [0.1, 0.15) is 18.4 Å². The van der Waals surface area contributed by atoms with Crippen molar-refractivity contribution < 1.29 is 19.1 Å². The summed E-state index contributed by atoms with van der Waals surface area (Å²) in [6.07, 6.45) is 2.97. The van der Waals surface area contributed by atoms with Gasteiger partial charge in [0.2, 0.25) is 0 Å². The minimum Gasteiger partial charge on any atom is -0.491 e. The quantitative estimate of drug-likeness (QED) is 0.696. The number of carbonyl (C=O) groups is 2. The summed E-state index contributed by atoms with van der Waals surface area (Å²) in [5.41, 5.74) is 2.13. The number of thiophene rings is 1. The third-order valence-corrected chi connectivity index (χ3v) is 6.80. The number of likely N-dealkylation sites (tertiary alicyclic amines) is 1. The van der Waals surface area contributed by atoms with Crippen molar-refractivity contribution in [2.24, 2.45) is 0 Å². The van der Waals surface area contributed by atoms with Gasteiger partial charge in [-0.1, -0.05) is 12.5 Å². The van der Waals surface area contributed by atoms with Gasteiger partial charge in [-0.15, -0.1) is 11.3 Å². The van der Waals surface area contributed by atoms with Crippen molar-refractivity contribution in [2.75, 3.05) is 26.8 Å². The summed E-state index contributed by atoms with van der Waals surface area (Å²) in [5.74, 6) is 0.729. The zero-order valence-corrected chi connectivity index (χ0v) is 18.4. The Balaban J connectivity index is 1.51.